The minimum absolute atomic E-state index is 0.0222. The fraction of sp³-hybridized carbons (Fsp3) is 0.697. The van der Waals surface area contributed by atoms with Gasteiger partial charge in [-0.15, -0.1) is 0 Å². The lowest BCUT2D eigenvalue weighted by atomic mass is 9.87. The van der Waals surface area contributed by atoms with Crippen molar-refractivity contribution >= 4 is 81.6 Å². The molecule has 1 aliphatic heterocycles. The number of rotatable bonds is 29. The van der Waals surface area contributed by atoms with Crippen LogP contribution in [0.15, 0.2) is 12.7 Å². The number of unbranched alkanes of at least 4 members (excludes halogenated alkanes) is 2. The topological polar surface area (TPSA) is 422 Å². The van der Waals surface area contributed by atoms with Crippen LogP contribution < -0.4 is 27.0 Å². The Balaban J connectivity index is 1.36. The highest BCUT2D eigenvalue weighted by Crippen LogP contribution is 2.61. The first-order valence-electron chi connectivity index (χ1n) is 19.7. The number of carbonyl (C=O) groups is 5. The van der Waals surface area contributed by atoms with Crippen LogP contribution in [0.5, 0.6) is 0 Å². The van der Waals surface area contributed by atoms with Crippen LogP contribution in [-0.2, 0) is 60.3 Å². The molecule has 7 unspecified atom stereocenters. The van der Waals surface area contributed by atoms with E-state index in [0.29, 0.717) is 37.9 Å². The number of aliphatic hydroxyl groups is 2. The number of hydrogen-bond acceptors (Lipinski definition) is 20. The zero-order chi connectivity index (χ0) is 48.8. The Morgan fingerprint density at radius 3 is 2.32 bits per heavy atom. The molecule has 3 rings (SSSR count). The third-order valence-corrected chi connectivity index (χ3v) is 13.4. The van der Waals surface area contributed by atoms with Crippen LogP contribution >= 0.6 is 35.2 Å². The largest absolute Gasteiger partial charge is 0.481 e. The summed E-state index contributed by atoms with van der Waals surface area (Å²) in [6.07, 6.45) is -4.24. The van der Waals surface area contributed by atoms with Crippen molar-refractivity contribution in [2.75, 3.05) is 50.6 Å². The van der Waals surface area contributed by atoms with E-state index in [1.807, 2.05) is 0 Å². The molecule has 0 spiro atoms. The van der Waals surface area contributed by atoms with Gasteiger partial charge in [-0.05, 0) is 12.8 Å². The number of Topliss-reactive ketones (excluding diaryl/α,β-unsaturated/α-hetero) is 1. The van der Waals surface area contributed by atoms with E-state index >= 15 is 0 Å². The predicted molar refractivity (Wildman–Crippen MR) is 227 cm³/mol. The lowest BCUT2D eigenvalue weighted by Gasteiger charge is -2.30. The molecule has 12 N–H and O–H groups in total. The van der Waals surface area contributed by atoms with E-state index in [9.17, 15) is 67.5 Å². The maximum Gasteiger partial charge on any atom is 0.481 e. The minimum atomic E-state index is -5.59. The lowest BCUT2D eigenvalue weighted by molar-refractivity contribution is -0.137. The number of imidazole rings is 1. The van der Waals surface area contributed by atoms with Crippen LogP contribution in [0.1, 0.15) is 65.5 Å². The third kappa shape index (κ3) is 18.6. The zero-order valence-electron chi connectivity index (χ0n) is 35.7. The first-order valence-corrected chi connectivity index (χ1v) is 25.4. The second-order valence-electron chi connectivity index (χ2n) is 15.1. The molecular formula is C33H56N9O19P3S. The number of ether oxygens (including phenoxy) is 1. The first-order chi connectivity index (χ1) is 30.3. The average molecular weight is 1010 g/mol. The maximum absolute atomic E-state index is 12.7. The van der Waals surface area contributed by atoms with Crippen LogP contribution in [0, 0.1) is 5.41 Å². The van der Waals surface area contributed by atoms with Gasteiger partial charge in [-0.25, -0.2) is 28.6 Å². The van der Waals surface area contributed by atoms with Crippen LogP contribution in [0.25, 0.3) is 11.2 Å². The molecule has 368 valence electrons. The molecule has 28 nitrogen and oxygen atoms in total. The Morgan fingerprint density at radius 1 is 0.969 bits per heavy atom. The molecule has 1 fully saturated rings. The van der Waals surface area contributed by atoms with Gasteiger partial charge in [0.1, 0.15) is 48.1 Å². The summed E-state index contributed by atoms with van der Waals surface area (Å²) in [5, 5.41) is 31.6. The highest BCUT2D eigenvalue weighted by atomic mass is 32.2. The van der Waals surface area contributed by atoms with Gasteiger partial charge in [0.25, 0.3) is 0 Å². The summed E-state index contributed by atoms with van der Waals surface area (Å²) in [6.45, 7) is 1.79. The average Bonchev–Trinajstić information content (AvgIpc) is 3.77. The van der Waals surface area contributed by atoms with Gasteiger partial charge in [0.2, 0.25) is 23.6 Å². The number of ketones is 1. The standard InChI is InChI=1S/C33H56N9O19P3S/c1-19(43)41-21(30(48)35-4)9-7-5-6-8-20(44)15-65-13-12-36-23(45)10-11-37-31(49)27(47)33(2,3)16-58-64(55,56)61-63(53,54)57-14-22-26(60-62(50,51)52)25(46)32(59-22)42-18-40-24-28(34)38-17-39-29(24)42/h17-18,21-22,25-27,32,46-47H,5-16H2,1-4H3,(H,35,48)(H,36,45)(H,37,49)(H,41,43)(H,53,54)(H,55,56)(H2,34,38,39)(H2,50,51,52)/t21-,22?,25?,26?,27?,32?/m0/s1. The SMILES string of the molecule is CNC(=O)[C@H](CCCCCC(=O)CSCCNC(=O)CCNC(=O)C(O)C(C)(C)COP(=O)(O)OP(=O)(O)OCC1OC(n2cnc3c(N)ncnc32)C(O)C1OP(=O)(O)O)NC(C)=O. The number of nitrogens with one attached hydrogen (secondary N) is 4. The summed E-state index contributed by atoms with van der Waals surface area (Å²) in [4.78, 5) is 111. The van der Waals surface area contributed by atoms with Gasteiger partial charge in [-0.1, -0.05) is 26.7 Å². The Kier molecular flexibility index (Phi) is 21.5. The number of fused-ring (bicyclic) bond motifs is 1. The molecule has 0 bridgehead atoms. The highest BCUT2D eigenvalue weighted by molar-refractivity contribution is 7.99. The van der Waals surface area contributed by atoms with Crippen molar-refractivity contribution in [2.24, 2.45) is 5.41 Å². The molecule has 8 atom stereocenters. The number of aromatic nitrogens is 4. The molecule has 0 saturated carbocycles. The van der Waals surface area contributed by atoms with Crippen molar-refractivity contribution < 1.29 is 90.1 Å². The fourth-order valence-electron chi connectivity index (χ4n) is 6.00. The van der Waals surface area contributed by atoms with Gasteiger partial charge in [-0.2, -0.15) is 16.1 Å². The number of aliphatic hydroxyl groups excluding tert-OH is 2. The summed E-state index contributed by atoms with van der Waals surface area (Å²) in [7, 11) is -15.0. The van der Waals surface area contributed by atoms with Crippen molar-refractivity contribution in [1.29, 1.82) is 0 Å². The molecule has 2 aromatic rings. The number of amides is 4. The number of anilines is 1. The van der Waals surface area contributed by atoms with Gasteiger partial charge >= 0.3 is 23.5 Å². The summed E-state index contributed by atoms with van der Waals surface area (Å²) in [5.74, 6) is -1.38. The van der Waals surface area contributed by atoms with Gasteiger partial charge < -0.3 is 61.5 Å². The molecule has 2 aromatic heterocycles. The van der Waals surface area contributed by atoms with Gasteiger partial charge in [-0.3, -0.25) is 42.1 Å². The number of nitrogen functional groups attached to an aromatic ring is 1. The van der Waals surface area contributed by atoms with E-state index in [2.05, 4.69) is 45.1 Å². The van der Waals surface area contributed by atoms with Crippen LogP contribution in [-0.4, -0.2) is 154 Å². The molecule has 3 heterocycles. The minimum Gasteiger partial charge on any atom is -0.386 e. The molecule has 1 saturated heterocycles. The second-order valence-corrected chi connectivity index (χ2v) is 20.5. The zero-order valence-corrected chi connectivity index (χ0v) is 39.2. The fourth-order valence-corrected chi connectivity index (χ4v) is 9.59. The number of likely N-dealkylation sites (N-methyl/N-ethyl adjacent to an activating group) is 1. The molecule has 4 amide bonds. The van der Waals surface area contributed by atoms with Gasteiger partial charge in [0, 0.05) is 51.1 Å². The number of hydrogen-bond donors (Lipinski definition) is 11. The normalized spacial score (nSPS) is 20.6. The second kappa shape index (κ2) is 25.0. The van der Waals surface area contributed by atoms with Crippen LogP contribution in [0.3, 0.4) is 0 Å². The number of phosphoric acid groups is 3. The van der Waals surface area contributed by atoms with E-state index in [1.165, 1.54) is 39.6 Å². The quantitative estimate of drug-likeness (QED) is 0.0341. The smallest absolute Gasteiger partial charge is 0.386 e. The summed E-state index contributed by atoms with van der Waals surface area (Å²) in [6, 6.07) is -0.627. The summed E-state index contributed by atoms with van der Waals surface area (Å²) < 4.78 is 62.3. The monoisotopic (exact) mass is 1010 g/mol. The Hall–Kier alpha value is -3.50. The van der Waals surface area contributed by atoms with Gasteiger partial charge in [0.05, 0.1) is 25.3 Å². The molecule has 65 heavy (non-hydrogen) atoms. The highest BCUT2D eigenvalue weighted by Gasteiger charge is 2.50. The number of phosphoric ester groups is 3. The third-order valence-electron chi connectivity index (χ3n) is 9.30. The van der Waals surface area contributed by atoms with E-state index in [0.717, 1.165) is 17.2 Å². The Morgan fingerprint density at radius 2 is 1.66 bits per heavy atom. The van der Waals surface area contributed by atoms with Crippen LogP contribution in [0.2, 0.25) is 0 Å². The summed E-state index contributed by atoms with van der Waals surface area (Å²) in [5.41, 5.74) is 4.23. The summed E-state index contributed by atoms with van der Waals surface area (Å²) >= 11 is 1.33. The first kappa shape index (κ1) is 55.8. The Labute approximate surface area is 376 Å². The van der Waals surface area contributed by atoms with Crippen molar-refractivity contribution in [3.63, 3.8) is 0 Å². The lowest BCUT2D eigenvalue weighted by Crippen LogP contribution is -2.46. The molecule has 32 heteroatoms. The predicted octanol–water partition coefficient (Wildman–Crippen LogP) is -1.09. The molecule has 1 aliphatic rings. The molecular weight excluding hydrogens is 951 g/mol. The van der Waals surface area contributed by atoms with E-state index in [4.69, 9.17) is 19.5 Å². The Bertz CT molecular complexity index is 2110. The maximum atomic E-state index is 12.7. The van der Waals surface area contributed by atoms with E-state index in [-0.39, 0.29) is 59.8 Å². The van der Waals surface area contributed by atoms with E-state index < -0.39 is 90.6 Å². The van der Waals surface area contributed by atoms with Gasteiger partial charge in [0.15, 0.2) is 17.7 Å². The number of nitrogens with two attached hydrogens (primary N) is 1. The van der Waals surface area contributed by atoms with Crippen molar-refractivity contribution in [1.82, 2.24) is 40.8 Å². The van der Waals surface area contributed by atoms with Crippen LogP contribution in [0.4, 0.5) is 5.82 Å². The number of thioether (sulfide) groups is 1. The molecule has 0 aliphatic carbocycles. The van der Waals surface area contributed by atoms with Crippen molar-refractivity contribution in [2.45, 2.75) is 96.0 Å². The number of carbonyl (C=O) groups excluding carboxylic acids is 5. The number of nitrogens with zero attached hydrogens (tertiary/aromatic N) is 4. The van der Waals surface area contributed by atoms with E-state index in [1.54, 1.807) is 0 Å². The molecule has 0 radical (unpaired) electrons. The van der Waals surface area contributed by atoms with Crippen molar-refractivity contribution in [3.8, 4) is 0 Å². The molecule has 0 aromatic carbocycles. The van der Waals surface area contributed by atoms with Crippen molar-refractivity contribution in [3.05, 3.63) is 12.7 Å².